The summed E-state index contributed by atoms with van der Waals surface area (Å²) < 4.78 is 5.78. The number of ether oxygens (including phenoxy) is 1. The first kappa shape index (κ1) is 17.2. The predicted molar refractivity (Wildman–Crippen MR) is 89.6 cm³/mol. The van der Waals surface area contributed by atoms with E-state index >= 15 is 0 Å². The summed E-state index contributed by atoms with van der Waals surface area (Å²) in [6.45, 7) is 11.6. The van der Waals surface area contributed by atoms with Crippen molar-refractivity contribution in [3.05, 3.63) is 0 Å². The molecule has 1 heterocycles. The number of rotatable bonds is 5. The molecule has 1 saturated carbocycles. The predicted octanol–water partition coefficient (Wildman–Crippen LogP) is 3.29. The minimum atomic E-state index is 0.351. The minimum Gasteiger partial charge on any atom is -0.378 e. The highest BCUT2D eigenvalue weighted by Gasteiger charge is 2.32. The van der Waals surface area contributed by atoms with E-state index in [1.54, 1.807) is 0 Å². The fraction of sp³-hybridized carbons (Fsp3) is 1.00. The Labute approximate surface area is 131 Å². The van der Waals surface area contributed by atoms with Crippen molar-refractivity contribution in [1.82, 2.24) is 10.2 Å². The summed E-state index contributed by atoms with van der Waals surface area (Å²) >= 11 is 0. The third-order valence-electron chi connectivity index (χ3n) is 5.79. The molecule has 0 unspecified atom stereocenters. The third kappa shape index (κ3) is 4.67. The summed E-state index contributed by atoms with van der Waals surface area (Å²) in [6, 6.07) is 1.89. The van der Waals surface area contributed by atoms with E-state index in [9.17, 15) is 0 Å². The summed E-state index contributed by atoms with van der Waals surface area (Å²) in [4.78, 5) is 2.54. The Morgan fingerprint density at radius 3 is 2.19 bits per heavy atom. The maximum absolute atomic E-state index is 5.78. The summed E-state index contributed by atoms with van der Waals surface area (Å²) in [5.41, 5.74) is 0. The Bertz CT molecular complexity index is 298. The first-order valence-corrected chi connectivity index (χ1v) is 9.04. The van der Waals surface area contributed by atoms with Crippen LogP contribution in [0.4, 0.5) is 0 Å². The van der Waals surface area contributed by atoms with Crippen LogP contribution in [0.1, 0.15) is 59.8 Å². The van der Waals surface area contributed by atoms with E-state index in [1.165, 1.54) is 38.6 Å². The summed E-state index contributed by atoms with van der Waals surface area (Å²) in [6.07, 6.45) is 7.08. The molecular formula is C18H36N2O. The second kappa shape index (κ2) is 7.94. The molecule has 0 spiro atoms. The zero-order valence-electron chi connectivity index (χ0n) is 14.8. The minimum absolute atomic E-state index is 0.351. The van der Waals surface area contributed by atoms with Crippen LogP contribution < -0.4 is 5.32 Å². The topological polar surface area (TPSA) is 24.5 Å². The fourth-order valence-corrected chi connectivity index (χ4v) is 4.09. The molecule has 0 amide bonds. The monoisotopic (exact) mass is 296 g/mol. The molecule has 0 aromatic carbocycles. The van der Waals surface area contributed by atoms with Gasteiger partial charge in [-0.15, -0.1) is 0 Å². The van der Waals surface area contributed by atoms with Gasteiger partial charge in [-0.3, -0.25) is 4.90 Å². The van der Waals surface area contributed by atoms with Gasteiger partial charge in [0.15, 0.2) is 0 Å². The van der Waals surface area contributed by atoms with Gasteiger partial charge in [0.25, 0.3) is 0 Å². The Hall–Kier alpha value is -0.120. The maximum atomic E-state index is 5.78. The first-order chi connectivity index (χ1) is 10.0. The van der Waals surface area contributed by atoms with Crippen molar-refractivity contribution in [2.24, 2.45) is 11.8 Å². The molecule has 1 aliphatic carbocycles. The third-order valence-corrected chi connectivity index (χ3v) is 5.79. The largest absolute Gasteiger partial charge is 0.378 e. The molecule has 0 radical (unpaired) electrons. The van der Waals surface area contributed by atoms with Gasteiger partial charge < -0.3 is 10.1 Å². The van der Waals surface area contributed by atoms with Crippen molar-refractivity contribution in [2.75, 3.05) is 20.2 Å². The van der Waals surface area contributed by atoms with Crippen LogP contribution in [0.3, 0.4) is 0 Å². The van der Waals surface area contributed by atoms with Crippen LogP contribution in [0, 0.1) is 11.8 Å². The van der Waals surface area contributed by atoms with Gasteiger partial charge in [0.2, 0.25) is 0 Å². The number of likely N-dealkylation sites (tertiary alicyclic amines) is 1. The van der Waals surface area contributed by atoms with Gasteiger partial charge in [0.1, 0.15) is 0 Å². The molecule has 21 heavy (non-hydrogen) atoms. The van der Waals surface area contributed by atoms with Crippen LogP contribution in [-0.4, -0.2) is 49.3 Å². The molecule has 124 valence electrons. The highest BCUT2D eigenvalue weighted by molar-refractivity contribution is 4.90. The van der Waals surface area contributed by atoms with Crippen LogP contribution in [0.2, 0.25) is 0 Å². The average Bonchev–Trinajstić information content (AvgIpc) is 2.48. The summed E-state index contributed by atoms with van der Waals surface area (Å²) in [5, 5.41) is 3.93. The van der Waals surface area contributed by atoms with Crippen LogP contribution >= 0.6 is 0 Å². The quantitative estimate of drug-likeness (QED) is 0.842. The van der Waals surface area contributed by atoms with Gasteiger partial charge in [-0.2, -0.15) is 0 Å². The fourth-order valence-electron chi connectivity index (χ4n) is 4.09. The van der Waals surface area contributed by atoms with Crippen molar-refractivity contribution < 1.29 is 4.74 Å². The number of nitrogens with one attached hydrogen (secondary N) is 1. The van der Waals surface area contributed by atoms with E-state index in [0.717, 1.165) is 18.4 Å². The number of hydrogen-bond donors (Lipinski definition) is 1. The van der Waals surface area contributed by atoms with Gasteiger partial charge >= 0.3 is 0 Å². The number of piperidine rings is 1. The molecule has 0 bridgehead atoms. The lowest BCUT2D eigenvalue weighted by molar-refractivity contribution is -0.00888. The highest BCUT2D eigenvalue weighted by Crippen LogP contribution is 2.30. The van der Waals surface area contributed by atoms with Crippen molar-refractivity contribution in [3.8, 4) is 0 Å². The van der Waals surface area contributed by atoms with Crippen LogP contribution in [0.5, 0.6) is 0 Å². The molecule has 3 heteroatoms. The van der Waals surface area contributed by atoms with Crippen LogP contribution in [-0.2, 0) is 4.74 Å². The van der Waals surface area contributed by atoms with Gasteiger partial charge in [-0.05, 0) is 57.8 Å². The second-order valence-electron chi connectivity index (χ2n) is 7.78. The van der Waals surface area contributed by atoms with E-state index in [1.807, 2.05) is 7.11 Å². The molecule has 2 aliphatic rings. The van der Waals surface area contributed by atoms with Gasteiger partial charge in [-0.25, -0.2) is 0 Å². The SMILES string of the molecule is CO[C@H]1CN(C(C)C)CC[C@H]1NC1CCC(C(C)C)CC1. The number of nitrogens with zero attached hydrogens (tertiary/aromatic N) is 1. The van der Waals surface area contributed by atoms with Crippen molar-refractivity contribution >= 4 is 0 Å². The second-order valence-corrected chi connectivity index (χ2v) is 7.78. The molecule has 0 aromatic heterocycles. The van der Waals surface area contributed by atoms with Gasteiger partial charge in [0, 0.05) is 38.3 Å². The summed E-state index contributed by atoms with van der Waals surface area (Å²) in [5.74, 6) is 1.80. The van der Waals surface area contributed by atoms with Crippen LogP contribution in [0.15, 0.2) is 0 Å². The Balaban J connectivity index is 1.80. The number of hydrogen-bond acceptors (Lipinski definition) is 3. The van der Waals surface area contributed by atoms with Crippen molar-refractivity contribution in [3.63, 3.8) is 0 Å². The van der Waals surface area contributed by atoms with E-state index < -0.39 is 0 Å². The normalized spacial score (nSPS) is 35.6. The lowest BCUT2D eigenvalue weighted by Gasteiger charge is -2.42. The van der Waals surface area contributed by atoms with Gasteiger partial charge in [0.05, 0.1) is 6.10 Å². The van der Waals surface area contributed by atoms with Crippen LogP contribution in [0.25, 0.3) is 0 Å². The number of methoxy groups -OCH3 is 1. The highest BCUT2D eigenvalue weighted by atomic mass is 16.5. The molecule has 1 aliphatic heterocycles. The van der Waals surface area contributed by atoms with E-state index in [0.29, 0.717) is 24.2 Å². The summed E-state index contributed by atoms with van der Waals surface area (Å²) in [7, 11) is 1.87. The lowest BCUT2D eigenvalue weighted by Crippen LogP contribution is -2.57. The Kier molecular flexibility index (Phi) is 6.51. The smallest absolute Gasteiger partial charge is 0.0851 e. The first-order valence-electron chi connectivity index (χ1n) is 9.04. The molecule has 1 saturated heterocycles. The maximum Gasteiger partial charge on any atom is 0.0851 e. The molecule has 2 rings (SSSR count). The molecule has 2 atom stereocenters. The Morgan fingerprint density at radius 2 is 1.67 bits per heavy atom. The lowest BCUT2D eigenvalue weighted by atomic mass is 9.79. The molecule has 0 aromatic rings. The van der Waals surface area contributed by atoms with E-state index in [-0.39, 0.29) is 0 Å². The molecule has 3 nitrogen and oxygen atoms in total. The van der Waals surface area contributed by atoms with E-state index in [4.69, 9.17) is 4.74 Å². The molecule has 2 fully saturated rings. The zero-order chi connectivity index (χ0) is 15.4. The van der Waals surface area contributed by atoms with Crippen molar-refractivity contribution in [2.45, 2.75) is 84.0 Å². The van der Waals surface area contributed by atoms with E-state index in [2.05, 4.69) is 37.9 Å². The Morgan fingerprint density at radius 1 is 1.00 bits per heavy atom. The van der Waals surface area contributed by atoms with Crippen molar-refractivity contribution in [1.29, 1.82) is 0 Å². The zero-order valence-corrected chi connectivity index (χ0v) is 14.8. The molecule has 1 N–H and O–H groups in total. The standard InChI is InChI=1S/C18H36N2O/c1-13(2)15-6-8-16(9-7-15)19-17-10-11-20(14(3)4)12-18(17)21-5/h13-19H,6-12H2,1-5H3/t15?,16?,17-,18+/m1/s1. The average molecular weight is 296 g/mol. The van der Waals surface area contributed by atoms with Gasteiger partial charge in [-0.1, -0.05) is 13.8 Å². The molecular weight excluding hydrogens is 260 g/mol.